The van der Waals surface area contributed by atoms with E-state index in [1.165, 1.54) is 12.1 Å². The molecular weight excluding hydrogens is 296 g/mol. The predicted molar refractivity (Wildman–Crippen MR) is 99.0 cm³/mol. The molecule has 3 heteroatoms. The third kappa shape index (κ3) is 3.00. The molecule has 24 heavy (non-hydrogen) atoms. The molecule has 2 atom stereocenters. The molecule has 2 aliphatic carbocycles. The normalized spacial score (nSPS) is 29.6. The van der Waals surface area contributed by atoms with Crippen molar-refractivity contribution in [2.45, 2.75) is 27.2 Å². The molecule has 1 saturated heterocycles. The highest BCUT2D eigenvalue weighted by Crippen LogP contribution is 2.54. The molecule has 0 bridgehead atoms. The van der Waals surface area contributed by atoms with Crippen molar-refractivity contribution in [2.75, 3.05) is 20.6 Å². The van der Waals surface area contributed by atoms with Crippen LogP contribution in [0, 0.1) is 17.8 Å². The number of carbonyl (C=O) groups excluding carboxylic acids is 1. The van der Waals surface area contributed by atoms with E-state index in [2.05, 4.69) is 32.1 Å². The molecule has 0 radical (unpaired) electrons. The van der Waals surface area contributed by atoms with Gasteiger partial charge in [0.25, 0.3) is 5.91 Å². The summed E-state index contributed by atoms with van der Waals surface area (Å²) in [5.74, 6) is 1.95. The number of rotatable bonds is 4. The second-order valence-electron chi connectivity index (χ2n) is 7.45. The highest BCUT2D eigenvalue weighted by atomic mass is 16.2. The van der Waals surface area contributed by atoms with Crippen LogP contribution >= 0.6 is 0 Å². The zero-order valence-corrected chi connectivity index (χ0v) is 15.4. The number of likely N-dealkylation sites (tertiary alicyclic amines) is 1. The maximum Gasteiger partial charge on any atom is 0.258 e. The molecule has 3 aliphatic rings. The van der Waals surface area contributed by atoms with Gasteiger partial charge in [-0.3, -0.25) is 4.79 Å². The molecule has 3 rings (SSSR count). The molecule has 2 fully saturated rings. The van der Waals surface area contributed by atoms with Gasteiger partial charge in [-0.05, 0) is 55.2 Å². The fraction of sp³-hybridized carbons (Fsp3) is 0.476. The Hall–Kier alpha value is -2.03. The van der Waals surface area contributed by atoms with Gasteiger partial charge in [0.2, 0.25) is 0 Å². The van der Waals surface area contributed by atoms with Crippen molar-refractivity contribution in [2.24, 2.45) is 17.8 Å². The van der Waals surface area contributed by atoms with Gasteiger partial charge < -0.3 is 9.80 Å². The summed E-state index contributed by atoms with van der Waals surface area (Å²) in [6, 6.07) is 0. The van der Waals surface area contributed by atoms with E-state index in [1.54, 1.807) is 5.57 Å². The van der Waals surface area contributed by atoms with Crippen LogP contribution in [0.15, 0.2) is 59.0 Å². The van der Waals surface area contributed by atoms with Crippen LogP contribution in [-0.4, -0.2) is 36.3 Å². The smallest absolute Gasteiger partial charge is 0.258 e. The van der Waals surface area contributed by atoms with Crippen LogP contribution in [-0.2, 0) is 4.79 Å². The van der Waals surface area contributed by atoms with E-state index in [0.717, 1.165) is 11.1 Å². The van der Waals surface area contributed by atoms with Crippen molar-refractivity contribution in [1.29, 1.82) is 0 Å². The molecule has 1 saturated carbocycles. The lowest BCUT2D eigenvalue weighted by Gasteiger charge is -2.23. The van der Waals surface area contributed by atoms with Crippen LogP contribution in [0.2, 0.25) is 0 Å². The van der Waals surface area contributed by atoms with Gasteiger partial charge in [-0.1, -0.05) is 31.6 Å². The SMILES string of the molecule is C/C=C1/CN(C2=CC=C(C(C)C)C3CC23)C(=O)/C1=C/C=C/N(C)C. The quantitative estimate of drug-likeness (QED) is 0.732. The van der Waals surface area contributed by atoms with Crippen molar-refractivity contribution < 1.29 is 4.79 Å². The lowest BCUT2D eigenvalue weighted by molar-refractivity contribution is -0.123. The van der Waals surface area contributed by atoms with Gasteiger partial charge in [0, 0.05) is 31.3 Å². The van der Waals surface area contributed by atoms with Gasteiger partial charge >= 0.3 is 0 Å². The molecule has 1 aliphatic heterocycles. The largest absolute Gasteiger partial charge is 0.383 e. The summed E-state index contributed by atoms with van der Waals surface area (Å²) in [4.78, 5) is 16.9. The van der Waals surface area contributed by atoms with Crippen molar-refractivity contribution in [3.05, 3.63) is 59.0 Å². The Labute approximate surface area is 145 Å². The van der Waals surface area contributed by atoms with Gasteiger partial charge in [0.15, 0.2) is 0 Å². The van der Waals surface area contributed by atoms with E-state index >= 15 is 0 Å². The van der Waals surface area contributed by atoms with Crippen LogP contribution in [0.25, 0.3) is 0 Å². The first-order chi connectivity index (χ1) is 11.4. The average molecular weight is 324 g/mol. The number of hydrogen-bond donors (Lipinski definition) is 0. The number of amides is 1. The van der Waals surface area contributed by atoms with E-state index in [4.69, 9.17) is 0 Å². The van der Waals surface area contributed by atoms with E-state index in [9.17, 15) is 4.79 Å². The van der Waals surface area contributed by atoms with Crippen molar-refractivity contribution in [1.82, 2.24) is 9.80 Å². The molecule has 0 aromatic rings. The summed E-state index contributed by atoms with van der Waals surface area (Å²) in [6.07, 6.45) is 13.6. The monoisotopic (exact) mass is 324 g/mol. The molecule has 0 aromatic heterocycles. The lowest BCUT2D eigenvalue weighted by atomic mass is 9.93. The van der Waals surface area contributed by atoms with Gasteiger partial charge in [-0.25, -0.2) is 0 Å². The van der Waals surface area contributed by atoms with Gasteiger partial charge in [-0.2, -0.15) is 0 Å². The Morgan fingerprint density at radius 2 is 2.00 bits per heavy atom. The Kier molecular flexibility index (Phi) is 4.53. The van der Waals surface area contributed by atoms with Crippen molar-refractivity contribution >= 4 is 5.91 Å². The fourth-order valence-corrected chi connectivity index (χ4v) is 3.78. The van der Waals surface area contributed by atoms with E-state index in [-0.39, 0.29) is 5.91 Å². The second-order valence-corrected chi connectivity index (χ2v) is 7.45. The number of carbonyl (C=O) groups is 1. The van der Waals surface area contributed by atoms with E-state index in [0.29, 0.717) is 24.3 Å². The average Bonchev–Trinajstić information content (AvgIpc) is 3.26. The zero-order chi connectivity index (χ0) is 17.4. The molecule has 3 nitrogen and oxygen atoms in total. The molecule has 0 N–H and O–H groups in total. The fourth-order valence-electron chi connectivity index (χ4n) is 3.78. The van der Waals surface area contributed by atoms with Crippen LogP contribution < -0.4 is 0 Å². The van der Waals surface area contributed by atoms with Gasteiger partial charge in [-0.15, -0.1) is 0 Å². The second kappa shape index (κ2) is 6.46. The van der Waals surface area contributed by atoms with Crippen molar-refractivity contribution in [3.8, 4) is 0 Å². The summed E-state index contributed by atoms with van der Waals surface area (Å²) in [6.45, 7) is 7.24. The van der Waals surface area contributed by atoms with Crippen LogP contribution in [0.5, 0.6) is 0 Å². The first kappa shape index (κ1) is 16.8. The topological polar surface area (TPSA) is 23.6 Å². The standard InChI is InChI=1S/C21H28N2O/c1-6-15-13-23(21(24)17(15)8-7-11-22(4)5)20-10-9-16(14(2)3)18-12-19(18)20/h6-11,14,18-19H,12-13H2,1-5H3/b11-7+,15-6-,17-8+. The summed E-state index contributed by atoms with van der Waals surface area (Å²) in [5.41, 5.74) is 4.72. The molecule has 0 aromatic carbocycles. The van der Waals surface area contributed by atoms with E-state index in [1.807, 2.05) is 49.2 Å². The predicted octanol–water partition coefficient (Wildman–Crippen LogP) is 3.89. The van der Waals surface area contributed by atoms with Gasteiger partial charge in [0.1, 0.15) is 0 Å². The molecule has 1 amide bonds. The highest BCUT2D eigenvalue weighted by molar-refractivity contribution is 6.02. The Morgan fingerprint density at radius 3 is 2.62 bits per heavy atom. The third-order valence-corrected chi connectivity index (χ3v) is 5.17. The maximum absolute atomic E-state index is 12.9. The van der Waals surface area contributed by atoms with Gasteiger partial charge in [0.05, 0.1) is 6.54 Å². The summed E-state index contributed by atoms with van der Waals surface area (Å²) in [5, 5.41) is 0. The highest BCUT2D eigenvalue weighted by Gasteiger charge is 2.48. The first-order valence-corrected chi connectivity index (χ1v) is 8.88. The molecule has 1 heterocycles. The lowest BCUT2D eigenvalue weighted by Crippen LogP contribution is -2.27. The van der Waals surface area contributed by atoms with Crippen LogP contribution in [0.4, 0.5) is 0 Å². The third-order valence-electron chi connectivity index (χ3n) is 5.17. The minimum atomic E-state index is 0.143. The van der Waals surface area contributed by atoms with E-state index < -0.39 is 0 Å². The summed E-state index contributed by atoms with van der Waals surface area (Å²) in [7, 11) is 3.96. The number of nitrogens with zero attached hydrogens (tertiary/aromatic N) is 2. The Bertz CT molecular complexity index is 689. The van der Waals surface area contributed by atoms with Crippen molar-refractivity contribution in [3.63, 3.8) is 0 Å². The number of fused-ring (bicyclic) bond motifs is 1. The minimum Gasteiger partial charge on any atom is -0.383 e. The van der Waals surface area contributed by atoms with Crippen LogP contribution in [0.1, 0.15) is 27.2 Å². The maximum atomic E-state index is 12.9. The first-order valence-electron chi connectivity index (χ1n) is 8.88. The Morgan fingerprint density at radius 1 is 1.25 bits per heavy atom. The zero-order valence-electron chi connectivity index (χ0n) is 15.4. The minimum absolute atomic E-state index is 0.143. The molecule has 0 spiro atoms. The summed E-state index contributed by atoms with van der Waals surface area (Å²) < 4.78 is 0. The molecular formula is C21H28N2O. The summed E-state index contributed by atoms with van der Waals surface area (Å²) >= 11 is 0. The Balaban J connectivity index is 1.85. The number of hydrogen-bond acceptors (Lipinski definition) is 2. The molecule has 128 valence electrons. The number of allylic oxidation sites excluding steroid dienone is 7. The van der Waals surface area contributed by atoms with Crippen LogP contribution in [0.3, 0.4) is 0 Å². The molecule has 2 unspecified atom stereocenters.